The fourth-order valence-electron chi connectivity index (χ4n) is 5.80. The van der Waals surface area contributed by atoms with E-state index in [-0.39, 0.29) is 11.9 Å². The SMILES string of the molecule is FC1=CC(n2c3ccccc3c3ccccc32)=CC(n2c3c(c4ccccc42)CCC=C3)C1. The van der Waals surface area contributed by atoms with Crippen molar-refractivity contribution in [3.63, 3.8) is 0 Å². The van der Waals surface area contributed by atoms with Crippen molar-refractivity contribution in [2.24, 2.45) is 0 Å². The largest absolute Gasteiger partial charge is 0.333 e. The van der Waals surface area contributed by atoms with E-state index < -0.39 is 0 Å². The second kappa shape index (κ2) is 7.08. The Bertz CT molecular complexity index is 1600. The third-order valence-corrected chi connectivity index (χ3v) is 7.14. The predicted octanol–water partition coefficient (Wildman–Crippen LogP) is 8.05. The van der Waals surface area contributed by atoms with Crippen LogP contribution in [0.4, 0.5) is 4.39 Å². The number of fused-ring (bicyclic) bond motifs is 6. The van der Waals surface area contributed by atoms with Gasteiger partial charge in [-0.15, -0.1) is 0 Å². The van der Waals surface area contributed by atoms with Crippen LogP contribution in [0.1, 0.15) is 30.1 Å². The van der Waals surface area contributed by atoms with Crippen LogP contribution in [-0.4, -0.2) is 9.13 Å². The molecular weight excluding hydrogens is 407 g/mol. The highest BCUT2D eigenvalue weighted by atomic mass is 19.1. The molecule has 3 aromatic carbocycles. The van der Waals surface area contributed by atoms with Crippen LogP contribution in [0.5, 0.6) is 0 Å². The first kappa shape index (κ1) is 18.7. The fraction of sp³-hybridized carbons (Fsp3) is 0.133. The summed E-state index contributed by atoms with van der Waals surface area (Å²) in [5, 5.41) is 3.67. The van der Waals surface area contributed by atoms with Crippen LogP contribution in [-0.2, 0) is 6.42 Å². The van der Waals surface area contributed by atoms with Crippen LogP contribution < -0.4 is 0 Å². The van der Waals surface area contributed by atoms with E-state index in [1.165, 1.54) is 32.9 Å². The van der Waals surface area contributed by atoms with E-state index in [0.717, 1.165) is 29.6 Å². The number of allylic oxidation sites excluding steroid dienone is 5. The Labute approximate surface area is 191 Å². The summed E-state index contributed by atoms with van der Waals surface area (Å²) in [7, 11) is 0. The van der Waals surface area contributed by atoms with Gasteiger partial charge in [-0.25, -0.2) is 4.39 Å². The number of nitrogens with zero attached hydrogens (tertiary/aromatic N) is 2. The minimum atomic E-state index is -0.0821. The van der Waals surface area contributed by atoms with Gasteiger partial charge in [-0.05, 0) is 54.8 Å². The van der Waals surface area contributed by atoms with E-state index >= 15 is 4.39 Å². The number of para-hydroxylation sites is 3. The summed E-state index contributed by atoms with van der Waals surface area (Å²) in [4.78, 5) is 0. The first-order chi connectivity index (χ1) is 16.3. The fourth-order valence-corrected chi connectivity index (χ4v) is 5.80. The number of hydrogen-bond acceptors (Lipinski definition) is 0. The van der Waals surface area contributed by atoms with Gasteiger partial charge < -0.3 is 9.13 Å². The molecule has 0 spiro atoms. The minimum absolute atomic E-state index is 0.0781. The summed E-state index contributed by atoms with van der Waals surface area (Å²) in [5.74, 6) is -0.0781. The topological polar surface area (TPSA) is 9.86 Å². The lowest BCUT2D eigenvalue weighted by molar-refractivity contribution is 0.506. The number of benzene rings is 3. The van der Waals surface area contributed by atoms with Gasteiger partial charge in [0.25, 0.3) is 0 Å². The van der Waals surface area contributed by atoms with Gasteiger partial charge in [-0.1, -0.05) is 60.7 Å². The van der Waals surface area contributed by atoms with Crippen LogP contribution >= 0.6 is 0 Å². The summed E-state index contributed by atoms with van der Waals surface area (Å²) >= 11 is 0. The average molecular weight is 431 g/mol. The van der Waals surface area contributed by atoms with Gasteiger partial charge in [-0.3, -0.25) is 0 Å². The minimum Gasteiger partial charge on any atom is -0.333 e. The van der Waals surface area contributed by atoms with Crippen LogP contribution in [0.2, 0.25) is 0 Å². The third-order valence-electron chi connectivity index (χ3n) is 7.14. The van der Waals surface area contributed by atoms with Gasteiger partial charge in [-0.2, -0.15) is 0 Å². The van der Waals surface area contributed by atoms with E-state index in [1.807, 2.05) is 0 Å². The molecule has 160 valence electrons. The van der Waals surface area contributed by atoms with Gasteiger partial charge in [0.1, 0.15) is 5.83 Å². The highest BCUT2D eigenvalue weighted by Crippen LogP contribution is 2.40. The summed E-state index contributed by atoms with van der Waals surface area (Å²) in [6.45, 7) is 0. The Morgan fingerprint density at radius 3 is 2.12 bits per heavy atom. The first-order valence-electron chi connectivity index (χ1n) is 11.6. The van der Waals surface area contributed by atoms with Crippen LogP contribution in [0.25, 0.3) is 44.5 Å². The van der Waals surface area contributed by atoms with Crippen molar-refractivity contribution in [2.75, 3.05) is 0 Å². The molecule has 0 fully saturated rings. The monoisotopic (exact) mass is 430 g/mol. The maximum atomic E-state index is 15.3. The average Bonchev–Trinajstić information content (AvgIpc) is 3.37. The maximum absolute atomic E-state index is 15.3. The quantitative estimate of drug-likeness (QED) is 0.268. The Balaban J connectivity index is 1.49. The van der Waals surface area contributed by atoms with E-state index in [4.69, 9.17) is 0 Å². The maximum Gasteiger partial charge on any atom is 0.104 e. The first-order valence-corrected chi connectivity index (χ1v) is 11.6. The second-order valence-electron chi connectivity index (χ2n) is 9.02. The molecule has 0 saturated heterocycles. The zero-order chi connectivity index (χ0) is 21.9. The molecule has 2 nitrogen and oxygen atoms in total. The molecule has 7 rings (SSSR count). The third kappa shape index (κ3) is 2.72. The Hall–Kier alpha value is -3.85. The Morgan fingerprint density at radius 2 is 1.39 bits per heavy atom. The van der Waals surface area contributed by atoms with Gasteiger partial charge in [0.05, 0.1) is 17.1 Å². The molecule has 3 heteroatoms. The molecule has 0 N–H and O–H groups in total. The summed E-state index contributed by atoms with van der Waals surface area (Å²) < 4.78 is 19.8. The molecule has 5 aromatic rings. The Morgan fingerprint density at radius 1 is 0.758 bits per heavy atom. The predicted molar refractivity (Wildman–Crippen MR) is 136 cm³/mol. The number of aryl methyl sites for hydroxylation is 1. The molecule has 0 bridgehead atoms. The molecule has 2 aromatic heterocycles. The molecule has 0 radical (unpaired) electrons. The molecule has 0 saturated carbocycles. The second-order valence-corrected chi connectivity index (χ2v) is 9.02. The summed E-state index contributed by atoms with van der Waals surface area (Å²) in [5.41, 5.74) is 6.90. The van der Waals surface area contributed by atoms with Gasteiger partial charge in [0.15, 0.2) is 0 Å². The number of hydrogen-bond donors (Lipinski definition) is 0. The zero-order valence-electron chi connectivity index (χ0n) is 18.2. The molecule has 33 heavy (non-hydrogen) atoms. The molecule has 2 heterocycles. The van der Waals surface area contributed by atoms with Crippen LogP contribution in [0.3, 0.4) is 0 Å². The van der Waals surface area contributed by atoms with Crippen molar-refractivity contribution in [3.8, 4) is 0 Å². The van der Waals surface area contributed by atoms with Crippen molar-refractivity contribution in [1.82, 2.24) is 9.13 Å². The standard InChI is InChI=1S/C30H23FN2/c31-20-17-21(32-27-13-5-1-9-23(27)24-10-2-6-14-28(24)32)19-22(18-20)33-29-15-7-3-11-25(29)26-12-4-8-16-30(26)33/h1-3,5-11,13-17,19,22H,4,12,18H2. The normalized spacial score (nSPS) is 18.0. The van der Waals surface area contributed by atoms with Gasteiger partial charge >= 0.3 is 0 Å². The molecule has 0 aliphatic heterocycles. The Kier molecular flexibility index (Phi) is 4.01. The van der Waals surface area contributed by atoms with Crippen molar-refractivity contribution < 1.29 is 4.39 Å². The van der Waals surface area contributed by atoms with Crippen molar-refractivity contribution in [1.29, 1.82) is 0 Å². The lowest BCUT2D eigenvalue weighted by Crippen LogP contribution is -2.14. The van der Waals surface area contributed by atoms with Crippen LogP contribution in [0.15, 0.2) is 96.9 Å². The highest BCUT2D eigenvalue weighted by molar-refractivity contribution is 6.10. The zero-order valence-corrected chi connectivity index (χ0v) is 18.2. The number of rotatable bonds is 2. The molecule has 2 aliphatic rings. The van der Waals surface area contributed by atoms with E-state index in [1.54, 1.807) is 6.08 Å². The molecular formula is C30H23FN2. The van der Waals surface area contributed by atoms with Crippen molar-refractivity contribution in [3.05, 3.63) is 108 Å². The number of aromatic nitrogens is 2. The van der Waals surface area contributed by atoms with Crippen LogP contribution in [0, 0.1) is 0 Å². The summed E-state index contributed by atoms with van der Waals surface area (Å²) in [6.07, 6.45) is 10.9. The van der Waals surface area contributed by atoms with E-state index in [0.29, 0.717) is 6.42 Å². The lowest BCUT2D eigenvalue weighted by Gasteiger charge is -2.24. The van der Waals surface area contributed by atoms with Gasteiger partial charge in [0, 0.05) is 39.5 Å². The summed E-state index contributed by atoms with van der Waals surface area (Å²) in [6, 6.07) is 25.3. The molecule has 2 aliphatic carbocycles. The van der Waals surface area contributed by atoms with Crippen molar-refractivity contribution in [2.45, 2.75) is 25.3 Å². The van der Waals surface area contributed by atoms with E-state index in [2.05, 4.69) is 100 Å². The molecule has 1 unspecified atom stereocenters. The molecule has 1 atom stereocenters. The highest BCUT2D eigenvalue weighted by Gasteiger charge is 2.26. The van der Waals surface area contributed by atoms with E-state index in [9.17, 15) is 0 Å². The van der Waals surface area contributed by atoms with Crippen molar-refractivity contribution >= 4 is 44.5 Å². The number of halogens is 1. The smallest absolute Gasteiger partial charge is 0.104 e. The van der Waals surface area contributed by atoms with Gasteiger partial charge in [0.2, 0.25) is 0 Å². The molecule has 0 amide bonds. The lowest BCUT2D eigenvalue weighted by atomic mass is 10.0.